The topological polar surface area (TPSA) is 79.0 Å². The molecular weight excluding hydrogens is 313 g/mol. The molecule has 0 fully saturated rings. The molecule has 0 saturated heterocycles. The first-order valence-corrected chi connectivity index (χ1v) is 6.63. The van der Waals surface area contributed by atoms with Crippen LogP contribution in [0.25, 0.3) is 0 Å². The molecule has 21 heavy (non-hydrogen) atoms. The number of rotatable bonds is 4. The van der Waals surface area contributed by atoms with E-state index in [9.17, 15) is 15.4 Å². The zero-order valence-corrected chi connectivity index (χ0v) is 12.1. The molecule has 0 heterocycles. The standard InChI is InChI=1S/C14H9Cl2N3O2/c15-9-4-3-5-10(16)14(9)12(8-17)18-11-6-1-2-7-13(11)19(20)21/h1-7,12,18H. The Morgan fingerprint density at radius 3 is 2.33 bits per heavy atom. The third-order valence-electron chi connectivity index (χ3n) is 2.82. The highest BCUT2D eigenvalue weighted by molar-refractivity contribution is 6.36. The van der Waals surface area contributed by atoms with E-state index < -0.39 is 11.0 Å². The minimum Gasteiger partial charge on any atom is -0.360 e. The summed E-state index contributed by atoms with van der Waals surface area (Å²) in [6, 6.07) is 12.0. The average Bonchev–Trinajstić information content (AvgIpc) is 2.46. The van der Waals surface area contributed by atoms with Crippen molar-refractivity contribution in [1.29, 1.82) is 5.26 Å². The Bertz CT molecular complexity index is 708. The summed E-state index contributed by atoms with van der Waals surface area (Å²) in [5.41, 5.74) is 0.493. The Labute approximate surface area is 130 Å². The van der Waals surface area contributed by atoms with Gasteiger partial charge in [-0.05, 0) is 18.2 Å². The first-order valence-electron chi connectivity index (χ1n) is 5.88. The Morgan fingerprint density at radius 2 is 1.76 bits per heavy atom. The summed E-state index contributed by atoms with van der Waals surface area (Å²) >= 11 is 12.1. The summed E-state index contributed by atoms with van der Waals surface area (Å²) in [6.45, 7) is 0. The van der Waals surface area contributed by atoms with Gasteiger partial charge in [0.1, 0.15) is 11.7 Å². The smallest absolute Gasteiger partial charge is 0.292 e. The second-order valence-corrected chi connectivity index (χ2v) is 4.93. The highest BCUT2D eigenvalue weighted by atomic mass is 35.5. The molecule has 0 aliphatic carbocycles. The highest BCUT2D eigenvalue weighted by Gasteiger charge is 2.21. The molecule has 2 aromatic carbocycles. The van der Waals surface area contributed by atoms with Gasteiger partial charge < -0.3 is 5.32 Å². The van der Waals surface area contributed by atoms with E-state index in [1.165, 1.54) is 12.1 Å². The van der Waals surface area contributed by atoms with Crippen LogP contribution < -0.4 is 5.32 Å². The maximum absolute atomic E-state index is 11.0. The summed E-state index contributed by atoms with van der Waals surface area (Å²) in [5, 5.41) is 23.8. The lowest BCUT2D eigenvalue weighted by molar-refractivity contribution is -0.384. The Morgan fingerprint density at radius 1 is 1.14 bits per heavy atom. The Kier molecular flexibility index (Phi) is 4.63. The van der Waals surface area contributed by atoms with Crippen molar-refractivity contribution >= 4 is 34.6 Å². The van der Waals surface area contributed by atoms with Gasteiger partial charge in [-0.1, -0.05) is 41.4 Å². The van der Waals surface area contributed by atoms with E-state index in [0.717, 1.165) is 0 Å². The zero-order chi connectivity index (χ0) is 15.4. The molecule has 0 radical (unpaired) electrons. The molecule has 0 bridgehead atoms. The van der Waals surface area contributed by atoms with Gasteiger partial charge in [0.2, 0.25) is 0 Å². The average molecular weight is 322 g/mol. The first kappa shape index (κ1) is 15.1. The van der Waals surface area contributed by atoms with Crippen LogP contribution >= 0.6 is 23.2 Å². The number of anilines is 1. The third-order valence-corrected chi connectivity index (χ3v) is 3.48. The molecule has 2 aromatic rings. The number of nitriles is 1. The molecule has 0 spiro atoms. The van der Waals surface area contributed by atoms with E-state index in [1.807, 2.05) is 6.07 Å². The number of hydrogen-bond donors (Lipinski definition) is 1. The number of para-hydroxylation sites is 2. The van der Waals surface area contributed by atoms with Crippen molar-refractivity contribution in [2.24, 2.45) is 0 Å². The number of nitrogens with one attached hydrogen (secondary N) is 1. The van der Waals surface area contributed by atoms with E-state index in [2.05, 4.69) is 5.32 Å². The molecule has 0 aromatic heterocycles. The molecule has 1 atom stereocenters. The molecule has 5 nitrogen and oxygen atoms in total. The van der Waals surface area contributed by atoms with Gasteiger partial charge >= 0.3 is 0 Å². The van der Waals surface area contributed by atoms with Gasteiger partial charge in [0.25, 0.3) is 5.69 Å². The van der Waals surface area contributed by atoms with Crippen molar-refractivity contribution in [3.05, 3.63) is 68.2 Å². The summed E-state index contributed by atoms with van der Waals surface area (Å²) in [4.78, 5) is 10.5. The van der Waals surface area contributed by atoms with Crippen LogP contribution in [0.4, 0.5) is 11.4 Å². The van der Waals surface area contributed by atoms with Crippen LogP contribution in [-0.2, 0) is 0 Å². The van der Waals surface area contributed by atoms with E-state index in [0.29, 0.717) is 15.6 Å². The fourth-order valence-electron chi connectivity index (χ4n) is 1.87. The number of nitro benzene ring substituents is 1. The van der Waals surface area contributed by atoms with E-state index in [4.69, 9.17) is 23.2 Å². The van der Waals surface area contributed by atoms with Crippen molar-refractivity contribution in [3.8, 4) is 6.07 Å². The molecule has 1 unspecified atom stereocenters. The van der Waals surface area contributed by atoms with Gasteiger partial charge in [-0.25, -0.2) is 0 Å². The van der Waals surface area contributed by atoms with Gasteiger partial charge in [-0.2, -0.15) is 5.26 Å². The zero-order valence-electron chi connectivity index (χ0n) is 10.6. The third kappa shape index (κ3) is 3.24. The van der Waals surface area contributed by atoms with Crippen molar-refractivity contribution in [1.82, 2.24) is 0 Å². The summed E-state index contributed by atoms with van der Waals surface area (Å²) in [6.07, 6.45) is 0. The van der Waals surface area contributed by atoms with Gasteiger partial charge in [-0.15, -0.1) is 0 Å². The predicted octanol–water partition coefficient (Wildman–Crippen LogP) is 4.58. The number of hydrogen-bond acceptors (Lipinski definition) is 4. The van der Waals surface area contributed by atoms with Gasteiger partial charge in [-0.3, -0.25) is 10.1 Å². The largest absolute Gasteiger partial charge is 0.360 e. The quantitative estimate of drug-likeness (QED) is 0.660. The molecule has 0 amide bonds. The van der Waals surface area contributed by atoms with Crippen LogP contribution in [0.3, 0.4) is 0 Å². The van der Waals surface area contributed by atoms with Crippen LogP contribution in [-0.4, -0.2) is 4.92 Å². The fourth-order valence-corrected chi connectivity index (χ4v) is 2.48. The van der Waals surface area contributed by atoms with Crippen LogP contribution in [0.1, 0.15) is 11.6 Å². The minimum atomic E-state index is -0.896. The van der Waals surface area contributed by atoms with Crippen LogP contribution in [0.2, 0.25) is 10.0 Å². The van der Waals surface area contributed by atoms with Gasteiger partial charge in [0.05, 0.1) is 11.0 Å². The van der Waals surface area contributed by atoms with Crippen LogP contribution in [0.5, 0.6) is 0 Å². The maximum Gasteiger partial charge on any atom is 0.292 e. The lowest BCUT2D eigenvalue weighted by atomic mass is 10.1. The number of halogens is 2. The summed E-state index contributed by atoms with van der Waals surface area (Å²) < 4.78 is 0. The lowest BCUT2D eigenvalue weighted by Crippen LogP contribution is -2.11. The maximum atomic E-state index is 11.0. The second kappa shape index (κ2) is 6.44. The van der Waals surface area contributed by atoms with Crippen molar-refractivity contribution < 1.29 is 4.92 Å². The Hall–Kier alpha value is -2.29. The van der Waals surface area contributed by atoms with Crippen LogP contribution in [0.15, 0.2) is 42.5 Å². The van der Waals surface area contributed by atoms with Crippen LogP contribution in [0, 0.1) is 21.4 Å². The normalized spacial score (nSPS) is 11.5. The summed E-state index contributed by atoms with van der Waals surface area (Å²) in [7, 11) is 0. The molecular formula is C14H9Cl2N3O2. The van der Waals surface area contributed by atoms with E-state index in [-0.39, 0.29) is 11.4 Å². The van der Waals surface area contributed by atoms with Crippen molar-refractivity contribution in [2.45, 2.75) is 6.04 Å². The van der Waals surface area contributed by atoms with E-state index in [1.54, 1.807) is 30.3 Å². The van der Waals surface area contributed by atoms with E-state index >= 15 is 0 Å². The van der Waals surface area contributed by atoms with Gasteiger partial charge in [0.15, 0.2) is 0 Å². The molecule has 0 aliphatic heterocycles. The SMILES string of the molecule is N#CC(Nc1ccccc1[N+](=O)[O-])c1c(Cl)cccc1Cl. The molecule has 0 saturated carbocycles. The first-order chi connectivity index (χ1) is 10.0. The predicted molar refractivity (Wildman–Crippen MR) is 81.5 cm³/mol. The molecule has 2 rings (SSSR count). The number of benzene rings is 2. The molecule has 0 aliphatic rings. The minimum absolute atomic E-state index is 0.124. The van der Waals surface area contributed by atoms with Crippen molar-refractivity contribution in [2.75, 3.05) is 5.32 Å². The van der Waals surface area contributed by atoms with Crippen molar-refractivity contribution in [3.63, 3.8) is 0 Å². The monoisotopic (exact) mass is 321 g/mol. The Balaban J connectivity index is 2.42. The molecule has 7 heteroatoms. The molecule has 1 N–H and O–H groups in total. The number of nitrogens with zero attached hydrogens (tertiary/aromatic N) is 2. The van der Waals surface area contributed by atoms with Gasteiger partial charge in [0, 0.05) is 21.7 Å². The second-order valence-electron chi connectivity index (χ2n) is 4.12. The molecule has 106 valence electrons. The fraction of sp³-hybridized carbons (Fsp3) is 0.0714. The highest BCUT2D eigenvalue weighted by Crippen LogP contribution is 2.34. The number of nitro groups is 1. The lowest BCUT2D eigenvalue weighted by Gasteiger charge is -2.16. The summed E-state index contributed by atoms with van der Waals surface area (Å²) in [5.74, 6) is 0.